The van der Waals surface area contributed by atoms with Crippen molar-refractivity contribution in [2.45, 2.75) is 26.3 Å². The quantitative estimate of drug-likeness (QED) is 0.788. The maximum Gasteiger partial charge on any atom is 0.270 e. The molecule has 1 aromatic rings. The first-order chi connectivity index (χ1) is 8.06. The number of carbonyl (C=O) groups excluding carboxylic acids is 2. The Bertz CT molecular complexity index is 392. The first kappa shape index (κ1) is 13.2. The van der Waals surface area contributed by atoms with Gasteiger partial charge in [-0.3, -0.25) is 14.6 Å². The van der Waals surface area contributed by atoms with E-state index < -0.39 is 11.9 Å². The zero-order valence-corrected chi connectivity index (χ0v) is 10.0. The summed E-state index contributed by atoms with van der Waals surface area (Å²) in [5.41, 5.74) is 5.55. The summed E-state index contributed by atoms with van der Waals surface area (Å²) in [5.74, 6) is -0.904. The molecule has 0 saturated carbocycles. The van der Waals surface area contributed by atoms with E-state index in [0.717, 1.165) is 6.42 Å². The molecule has 92 valence electrons. The summed E-state index contributed by atoms with van der Waals surface area (Å²) in [6, 6.07) is 4.36. The van der Waals surface area contributed by atoms with Gasteiger partial charge in [0, 0.05) is 6.20 Å². The minimum absolute atomic E-state index is 0.000150. The van der Waals surface area contributed by atoms with Crippen molar-refractivity contribution in [1.29, 1.82) is 0 Å². The van der Waals surface area contributed by atoms with Gasteiger partial charge in [0.1, 0.15) is 11.7 Å². The van der Waals surface area contributed by atoms with Gasteiger partial charge in [0.2, 0.25) is 5.91 Å². The maximum atomic E-state index is 11.8. The molecule has 3 N–H and O–H groups in total. The van der Waals surface area contributed by atoms with Crippen molar-refractivity contribution in [2.75, 3.05) is 0 Å². The zero-order chi connectivity index (χ0) is 12.8. The van der Waals surface area contributed by atoms with E-state index in [1.807, 2.05) is 13.8 Å². The van der Waals surface area contributed by atoms with Crippen LogP contribution in [0.3, 0.4) is 0 Å². The zero-order valence-electron chi connectivity index (χ0n) is 10.0. The van der Waals surface area contributed by atoms with Crippen molar-refractivity contribution in [3.63, 3.8) is 0 Å². The molecule has 0 aromatic carbocycles. The number of pyridine rings is 1. The lowest BCUT2D eigenvalue weighted by Crippen LogP contribution is -2.48. The molecular formula is C12H17N3O2. The average molecular weight is 235 g/mol. The first-order valence-electron chi connectivity index (χ1n) is 5.57. The number of rotatable bonds is 5. The molecule has 0 radical (unpaired) electrons. The van der Waals surface area contributed by atoms with Crippen molar-refractivity contribution in [3.8, 4) is 0 Å². The number of nitrogens with zero attached hydrogens (tertiary/aromatic N) is 1. The highest BCUT2D eigenvalue weighted by Gasteiger charge is 2.24. The number of carbonyl (C=O) groups is 2. The SMILES string of the molecule is CC[C@@H](C)[C@H](NC(=O)c1ccccn1)C(N)=O. The number of nitrogens with two attached hydrogens (primary N) is 1. The molecule has 0 aliphatic rings. The Morgan fingerprint density at radius 3 is 2.65 bits per heavy atom. The van der Waals surface area contributed by atoms with Gasteiger partial charge in [-0.15, -0.1) is 0 Å². The van der Waals surface area contributed by atoms with Crippen LogP contribution in [0.1, 0.15) is 30.8 Å². The van der Waals surface area contributed by atoms with Gasteiger partial charge in [-0.2, -0.15) is 0 Å². The van der Waals surface area contributed by atoms with Crippen molar-refractivity contribution in [3.05, 3.63) is 30.1 Å². The number of aromatic nitrogens is 1. The second kappa shape index (κ2) is 5.98. The predicted molar refractivity (Wildman–Crippen MR) is 64.1 cm³/mol. The summed E-state index contributed by atoms with van der Waals surface area (Å²) in [6.07, 6.45) is 2.29. The van der Waals surface area contributed by atoms with Crippen LogP contribution in [0.25, 0.3) is 0 Å². The largest absolute Gasteiger partial charge is 0.368 e. The van der Waals surface area contributed by atoms with Gasteiger partial charge in [-0.25, -0.2) is 0 Å². The fourth-order valence-corrected chi connectivity index (χ4v) is 1.44. The molecule has 1 heterocycles. The van der Waals surface area contributed by atoms with E-state index in [0.29, 0.717) is 0 Å². The lowest BCUT2D eigenvalue weighted by molar-refractivity contribution is -0.120. The highest BCUT2D eigenvalue weighted by molar-refractivity contribution is 5.95. The second-order valence-corrected chi connectivity index (χ2v) is 3.95. The Hall–Kier alpha value is -1.91. The van der Waals surface area contributed by atoms with Gasteiger partial charge in [-0.05, 0) is 18.1 Å². The van der Waals surface area contributed by atoms with E-state index in [2.05, 4.69) is 10.3 Å². The molecule has 0 aliphatic carbocycles. The normalized spacial score (nSPS) is 13.8. The molecule has 1 aromatic heterocycles. The van der Waals surface area contributed by atoms with Gasteiger partial charge < -0.3 is 11.1 Å². The van der Waals surface area contributed by atoms with Crippen molar-refractivity contribution < 1.29 is 9.59 Å². The Balaban J connectivity index is 2.75. The Morgan fingerprint density at radius 2 is 2.18 bits per heavy atom. The number of hydrogen-bond acceptors (Lipinski definition) is 3. The summed E-state index contributed by atoms with van der Waals surface area (Å²) >= 11 is 0. The molecular weight excluding hydrogens is 218 g/mol. The van der Waals surface area contributed by atoms with Crippen LogP contribution in [0.4, 0.5) is 0 Å². The smallest absolute Gasteiger partial charge is 0.270 e. The molecule has 5 nitrogen and oxygen atoms in total. The van der Waals surface area contributed by atoms with Crippen LogP contribution < -0.4 is 11.1 Å². The third kappa shape index (κ3) is 3.55. The lowest BCUT2D eigenvalue weighted by Gasteiger charge is -2.20. The molecule has 0 fully saturated rings. The third-order valence-electron chi connectivity index (χ3n) is 2.70. The summed E-state index contributed by atoms with van der Waals surface area (Å²) < 4.78 is 0. The van der Waals surface area contributed by atoms with Crippen molar-refractivity contribution in [2.24, 2.45) is 11.7 Å². The predicted octanol–water partition coefficient (Wildman–Crippen LogP) is 0.711. The number of amides is 2. The summed E-state index contributed by atoms with van der Waals surface area (Å²) in [5, 5.41) is 2.61. The van der Waals surface area contributed by atoms with Gasteiger partial charge in [0.05, 0.1) is 0 Å². The average Bonchev–Trinajstić information content (AvgIpc) is 2.35. The van der Waals surface area contributed by atoms with Gasteiger partial charge in [0.15, 0.2) is 0 Å². The molecule has 0 spiro atoms. The standard InChI is InChI=1S/C12H17N3O2/c1-3-8(2)10(11(13)16)15-12(17)9-6-4-5-7-14-9/h4-8,10H,3H2,1-2H3,(H2,13,16)(H,15,17)/t8-,10+/m1/s1. The Morgan fingerprint density at radius 1 is 1.47 bits per heavy atom. The van der Waals surface area contributed by atoms with Crippen LogP contribution in [0.15, 0.2) is 24.4 Å². The highest BCUT2D eigenvalue weighted by Crippen LogP contribution is 2.08. The molecule has 0 unspecified atom stereocenters. The maximum absolute atomic E-state index is 11.8. The number of nitrogens with one attached hydrogen (secondary N) is 1. The Kier molecular flexibility index (Phi) is 4.63. The van der Waals surface area contributed by atoms with Crippen molar-refractivity contribution >= 4 is 11.8 Å². The molecule has 2 atom stereocenters. The van der Waals surface area contributed by atoms with Crippen LogP contribution in [-0.4, -0.2) is 22.8 Å². The summed E-state index contributed by atoms with van der Waals surface area (Å²) in [7, 11) is 0. The van der Waals surface area contributed by atoms with E-state index >= 15 is 0 Å². The summed E-state index contributed by atoms with van der Waals surface area (Å²) in [6.45, 7) is 3.81. The fourth-order valence-electron chi connectivity index (χ4n) is 1.44. The number of primary amides is 1. The van der Waals surface area contributed by atoms with Gasteiger partial charge in [0.25, 0.3) is 5.91 Å². The van der Waals surface area contributed by atoms with Crippen LogP contribution in [0.2, 0.25) is 0 Å². The van der Waals surface area contributed by atoms with Crippen LogP contribution in [0.5, 0.6) is 0 Å². The van der Waals surface area contributed by atoms with Crippen LogP contribution in [0, 0.1) is 5.92 Å². The third-order valence-corrected chi connectivity index (χ3v) is 2.70. The molecule has 0 bridgehead atoms. The molecule has 1 rings (SSSR count). The van der Waals surface area contributed by atoms with E-state index in [1.165, 1.54) is 6.20 Å². The van der Waals surface area contributed by atoms with Crippen LogP contribution in [-0.2, 0) is 4.79 Å². The topological polar surface area (TPSA) is 85.1 Å². The van der Waals surface area contributed by atoms with Crippen LogP contribution >= 0.6 is 0 Å². The second-order valence-electron chi connectivity index (χ2n) is 3.95. The Labute approximate surface area is 100 Å². The molecule has 17 heavy (non-hydrogen) atoms. The highest BCUT2D eigenvalue weighted by atomic mass is 16.2. The molecule has 0 aliphatic heterocycles. The van der Waals surface area contributed by atoms with E-state index in [-0.39, 0.29) is 17.5 Å². The first-order valence-corrected chi connectivity index (χ1v) is 5.57. The molecule has 5 heteroatoms. The van der Waals surface area contributed by atoms with E-state index in [1.54, 1.807) is 18.2 Å². The van der Waals surface area contributed by atoms with E-state index in [9.17, 15) is 9.59 Å². The van der Waals surface area contributed by atoms with E-state index in [4.69, 9.17) is 5.73 Å². The van der Waals surface area contributed by atoms with Gasteiger partial charge >= 0.3 is 0 Å². The van der Waals surface area contributed by atoms with Gasteiger partial charge in [-0.1, -0.05) is 26.3 Å². The number of hydrogen-bond donors (Lipinski definition) is 2. The fraction of sp³-hybridized carbons (Fsp3) is 0.417. The lowest BCUT2D eigenvalue weighted by atomic mass is 9.98. The van der Waals surface area contributed by atoms with Crippen molar-refractivity contribution in [1.82, 2.24) is 10.3 Å². The minimum atomic E-state index is -0.658. The molecule has 2 amide bonds. The molecule has 0 saturated heterocycles. The monoisotopic (exact) mass is 235 g/mol. The minimum Gasteiger partial charge on any atom is -0.368 e. The summed E-state index contributed by atoms with van der Waals surface area (Å²) in [4.78, 5) is 27.0.